The summed E-state index contributed by atoms with van der Waals surface area (Å²) in [7, 11) is 0. The molecule has 1 aliphatic heterocycles. The van der Waals surface area contributed by atoms with Crippen molar-refractivity contribution in [2.75, 3.05) is 13.1 Å². The van der Waals surface area contributed by atoms with Crippen LogP contribution in [0.15, 0.2) is 30.3 Å². The zero-order valence-electron chi connectivity index (χ0n) is 9.52. The summed E-state index contributed by atoms with van der Waals surface area (Å²) in [6.45, 7) is 5.82. The first-order valence-corrected chi connectivity index (χ1v) is 5.94. The maximum atomic E-state index is 2.56. The zero-order chi connectivity index (χ0) is 10.5. The van der Waals surface area contributed by atoms with Gasteiger partial charge in [0.25, 0.3) is 0 Å². The molecule has 1 saturated heterocycles. The quantitative estimate of drug-likeness (QED) is 0.728. The molecule has 0 aromatic heterocycles. The lowest BCUT2D eigenvalue weighted by atomic mass is 9.94. The van der Waals surface area contributed by atoms with Crippen molar-refractivity contribution in [1.29, 1.82) is 0 Å². The van der Waals surface area contributed by atoms with Gasteiger partial charge >= 0.3 is 0 Å². The van der Waals surface area contributed by atoms with E-state index in [1.54, 1.807) is 0 Å². The summed E-state index contributed by atoms with van der Waals surface area (Å²) in [6.07, 6.45) is 5.03. The summed E-state index contributed by atoms with van der Waals surface area (Å²) >= 11 is 0. The number of nitrogens with zero attached hydrogens (tertiary/aromatic N) is 1. The lowest BCUT2D eigenvalue weighted by Gasteiger charge is -2.31. The maximum Gasteiger partial charge on any atom is 0.0233 e. The molecule has 1 nitrogen and oxygen atoms in total. The van der Waals surface area contributed by atoms with Gasteiger partial charge < -0.3 is 0 Å². The van der Waals surface area contributed by atoms with E-state index < -0.39 is 0 Å². The van der Waals surface area contributed by atoms with E-state index in [1.165, 1.54) is 31.5 Å². The minimum absolute atomic E-state index is 0.858. The van der Waals surface area contributed by atoms with E-state index in [4.69, 9.17) is 0 Å². The summed E-state index contributed by atoms with van der Waals surface area (Å²) in [4.78, 5) is 2.56. The Kier molecular flexibility index (Phi) is 3.79. The predicted molar refractivity (Wildman–Crippen MR) is 64.4 cm³/mol. The Morgan fingerprint density at radius 3 is 2.47 bits per heavy atom. The summed E-state index contributed by atoms with van der Waals surface area (Å²) in [6, 6.07) is 10.8. The van der Waals surface area contributed by atoms with Gasteiger partial charge in [0.2, 0.25) is 0 Å². The molecule has 1 radical (unpaired) electrons. The van der Waals surface area contributed by atoms with E-state index >= 15 is 0 Å². The van der Waals surface area contributed by atoms with Crippen LogP contribution in [0.4, 0.5) is 0 Å². The minimum atomic E-state index is 0.858. The second-order valence-electron chi connectivity index (χ2n) is 4.43. The third-order valence-electron chi connectivity index (χ3n) is 3.35. The highest BCUT2D eigenvalue weighted by Gasteiger charge is 2.17. The topological polar surface area (TPSA) is 3.24 Å². The van der Waals surface area contributed by atoms with Crippen LogP contribution in [0.25, 0.3) is 0 Å². The Bertz CT molecular complexity index is 273. The molecule has 0 aliphatic carbocycles. The van der Waals surface area contributed by atoms with Crippen molar-refractivity contribution in [2.45, 2.75) is 26.3 Å². The Hall–Kier alpha value is -0.820. The molecule has 0 saturated carbocycles. The monoisotopic (exact) mass is 202 g/mol. The molecule has 0 spiro atoms. The van der Waals surface area contributed by atoms with Gasteiger partial charge in [-0.25, -0.2) is 0 Å². The lowest BCUT2D eigenvalue weighted by molar-refractivity contribution is 0.190. The van der Waals surface area contributed by atoms with E-state index in [0.717, 1.165) is 12.5 Å². The average molecular weight is 202 g/mol. The van der Waals surface area contributed by atoms with Crippen LogP contribution in [0.3, 0.4) is 0 Å². The number of benzene rings is 1. The van der Waals surface area contributed by atoms with Gasteiger partial charge in [0.1, 0.15) is 0 Å². The molecule has 0 unspecified atom stereocenters. The van der Waals surface area contributed by atoms with Crippen LogP contribution in [0.2, 0.25) is 0 Å². The number of rotatable bonds is 3. The standard InChI is InChI=1S/C14H20N/c1-2-13-8-10-15(11-9-13)12-14-6-4-3-5-7-14/h2-7,13H,8-12H2,1H3. The van der Waals surface area contributed by atoms with Gasteiger partial charge in [-0.15, -0.1) is 0 Å². The number of hydrogen-bond donors (Lipinski definition) is 0. The van der Waals surface area contributed by atoms with Crippen molar-refractivity contribution >= 4 is 0 Å². The van der Waals surface area contributed by atoms with E-state index in [0.29, 0.717) is 0 Å². The van der Waals surface area contributed by atoms with Crippen LogP contribution in [0.5, 0.6) is 0 Å². The Balaban J connectivity index is 1.82. The number of likely N-dealkylation sites (tertiary alicyclic amines) is 1. The van der Waals surface area contributed by atoms with Crippen LogP contribution >= 0.6 is 0 Å². The molecular weight excluding hydrogens is 182 g/mol. The minimum Gasteiger partial charge on any atom is -0.299 e. The molecule has 0 amide bonds. The zero-order valence-corrected chi connectivity index (χ0v) is 9.52. The van der Waals surface area contributed by atoms with Gasteiger partial charge in [-0.3, -0.25) is 4.90 Å². The summed E-state index contributed by atoms with van der Waals surface area (Å²) < 4.78 is 0. The van der Waals surface area contributed by atoms with E-state index in [-0.39, 0.29) is 0 Å². The Labute approximate surface area is 93.1 Å². The first kappa shape index (κ1) is 10.7. The molecule has 0 bridgehead atoms. The fourth-order valence-electron chi connectivity index (χ4n) is 2.29. The molecule has 0 N–H and O–H groups in total. The number of hydrogen-bond acceptors (Lipinski definition) is 1. The average Bonchev–Trinajstić information content (AvgIpc) is 2.31. The Morgan fingerprint density at radius 2 is 1.87 bits per heavy atom. The predicted octanol–water partition coefficient (Wildman–Crippen LogP) is 3.12. The molecule has 1 heterocycles. The molecule has 2 rings (SSSR count). The summed E-state index contributed by atoms with van der Waals surface area (Å²) in [5, 5.41) is 0. The fraction of sp³-hybridized carbons (Fsp3) is 0.500. The van der Waals surface area contributed by atoms with Crippen molar-refractivity contribution in [2.24, 2.45) is 5.92 Å². The van der Waals surface area contributed by atoms with Crippen molar-refractivity contribution < 1.29 is 0 Å². The lowest BCUT2D eigenvalue weighted by Crippen LogP contribution is -2.33. The molecule has 1 aromatic rings. The number of piperidine rings is 1. The fourth-order valence-corrected chi connectivity index (χ4v) is 2.29. The van der Waals surface area contributed by atoms with Crippen molar-refractivity contribution in [1.82, 2.24) is 4.90 Å². The van der Waals surface area contributed by atoms with Crippen LogP contribution < -0.4 is 0 Å². The molecule has 1 aromatic carbocycles. The summed E-state index contributed by atoms with van der Waals surface area (Å²) in [5.41, 5.74) is 1.44. The second-order valence-corrected chi connectivity index (χ2v) is 4.43. The first-order chi connectivity index (χ1) is 7.38. The Morgan fingerprint density at radius 1 is 1.20 bits per heavy atom. The van der Waals surface area contributed by atoms with E-state index in [9.17, 15) is 0 Å². The first-order valence-electron chi connectivity index (χ1n) is 5.94. The van der Waals surface area contributed by atoms with Gasteiger partial charge in [0.05, 0.1) is 0 Å². The van der Waals surface area contributed by atoms with Crippen LogP contribution in [0, 0.1) is 12.3 Å². The van der Waals surface area contributed by atoms with Gasteiger partial charge in [-0.1, -0.05) is 37.3 Å². The molecule has 81 valence electrons. The highest BCUT2D eigenvalue weighted by Crippen LogP contribution is 2.20. The van der Waals surface area contributed by atoms with Gasteiger partial charge in [-0.2, -0.15) is 0 Å². The molecular formula is C14H20N. The van der Waals surface area contributed by atoms with Crippen molar-refractivity contribution in [3.05, 3.63) is 42.3 Å². The molecule has 15 heavy (non-hydrogen) atoms. The molecule has 0 atom stereocenters. The van der Waals surface area contributed by atoms with Crippen molar-refractivity contribution in [3.8, 4) is 0 Å². The van der Waals surface area contributed by atoms with Gasteiger partial charge in [0, 0.05) is 6.54 Å². The maximum absolute atomic E-state index is 2.56. The highest BCUT2D eigenvalue weighted by molar-refractivity contribution is 5.14. The van der Waals surface area contributed by atoms with Gasteiger partial charge in [0.15, 0.2) is 0 Å². The molecule has 1 heteroatoms. The SMILES string of the molecule is C[CH]C1CCN(Cc2ccccc2)CC1. The van der Waals surface area contributed by atoms with Crippen molar-refractivity contribution in [3.63, 3.8) is 0 Å². The smallest absolute Gasteiger partial charge is 0.0233 e. The second kappa shape index (κ2) is 5.32. The van der Waals surface area contributed by atoms with Gasteiger partial charge in [-0.05, 0) is 43.8 Å². The van der Waals surface area contributed by atoms with E-state index in [2.05, 4.69) is 48.6 Å². The van der Waals surface area contributed by atoms with E-state index in [1.807, 2.05) is 0 Å². The molecule has 1 aliphatic rings. The van der Waals surface area contributed by atoms with Crippen LogP contribution in [-0.4, -0.2) is 18.0 Å². The molecule has 1 fully saturated rings. The normalized spacial score (nSPS) is 19.3. The summed E-state index contributed by atoms with van der Waals surface area (Å²) in [5.74, 6) is 0.858. The highest BCUT2D eigenvalue weighted by atomic mass is 15.1. The third kappa shape index (κ3) is 3.07. The largest absolute Gasteiger partial charge is 0.299 e. The third-order valence-corrected chi connectivity index (χ3v) is 3.35. The van der Waals surface area contributed by atoms with Crippen LogP contribution in [-0.2, 0) is 6.54 Å². The van der Waals surface area contributed by atoms with Crippen LogP contribution in [0.1, 0.15) is 25.3 Å².